The highest BCUT2D eigenvalue weighted by molar-refractivity contribution is 7.99. The molecule has 1 fully saturated rings. The first-order valence-electron chi connectivity index (χ1n) is 11.6. The summed E-state index contributed by atoms with van der Waals surface area (Å²) in [5.41, 5.74) is 1.82. The Morgan fingerprint density at radius 1 is 1.26 bits per heavy atom. The highest BCUT2D eigenvalue weighted by atomic mass is 32.2. The van der Waals surface area contributed by atoms with Crippen LogP contribution in [0, 0.1) is 17.2 Å². The molecule has 10 heteroatoms. The molecule has 0 aliphatic carbocycles. The minimum Gasteiger partial charge on any atom is -0.510 e. The maximum Gasteiger partial charge on any atom is 0.228 e. The summed E-state index contributed by atoms with van der Waals surface area (Å²) < 4.78 is 9.44. The van der Waals surface area contributed by atoms with Gasteiger partial charge in [-0.25, -0.2) is 4.98 Å². The van der Waals surface area contributed by atoms with E-state index in [0.29, 0.717) is 23.4 Å². The Hall–Kier alpha value is -3.71. The van der Waals surface area contributed by atoms with Crippen LogP contribution in [-0.4, -0.2) is 48.3 Å². The molecule has 1 aliphatic heterocycles. The number of nitriles is 1. The summed E-state index contributed by atoms with van der Waals surface area (Å²) in [6.45, 7) is 4.60. The molecule has 0 amide bonds. The van der Waals surface area contributed by atoms with Gasteiger partial charge in [0.05, 0.1) is 29.6 Å². The maximum atomic E-state index is 10.9. The number of fused-ring (bicyclic) bond motifs is 1. The van der Waals surface area contributed by atoms with Gasteiger partial charge in [0.25, 0.3) is 0 Å². The van der Waals surface area contributed by atoms with Crippen molar-refractivity contribution in [1.82, 2.24) is 24.3 Å². The summed E-state index contributed by atoms with van der Waals surface area (Å²) in [6, 6.07) is 13.6. The zero-order valence-corrected chi connectivity index (χ0v) is 20.6. The maximum absolute atomic E-state index is 10.9. The van der Waals surface area contributed by atoms with E-state index in [-0.39, 0.29) is 17.1 Å². The Kier molecular flexibility index (Phi) is 6.51. The van der Waals surface area contributed by atoms with Gasteiger partial charge in [0.15, 0.2) is 11.0 Å². The lowest BCUT2D eigenvalue weighted by molar-refractivity contribution is 0.420. The van der Waals surface area contributed by atoms with E-state index in [1.807, 2.05) is 52.6 Å². The minimum absolute atomic E-state index is 0.0448. The van der Waals surface area contributed by atoms with Gasteiger partial charge in [-0.1, -0.05) is 30.8 Å². The van der Waals surface area contributed by atoms with Crippen LogP contribution in [0.2, 0.25) is 0 Å². The number of hydrogen-bond acceptors (Lipinski definition) is 8. The molecule has 4 heterocycles. The number of nitrogens with zero attached hydrogens (tertiary/aromatic N) is 7. The van der Waals surface area contributed by atoms with E-state index >= 15 is 0 Å². The third-order valence-corrected chi connectivity index (χ3v) is 7.26. The monoisotopic (exact) mass is 489 g/mol. The number of para-hydroxylation sites is 2. The highest BCUT2D eigenvalue weighted by Gasteiger charge is 2.24. The largest absolute Gasteiger partial charge is 0.510 e. The van der Waals surface area contributed by atoms with Gasteiger partial charge in [-0.3, -0.25) is 4.57 Å². The molecular formula is C25H27N7O2S. The molecule has 35 heavy (non-hydrogen) atoms. The summed E-state index contributed by atoms with van der Waals surface area (Å²) in [5.74, 6) is 2.75. The minimum atomic E-state index is -0.0448. The van der Waals surface area contributed by atoms with E-state index in [4.69, 9.17) is 4.42 Å². The van der Waals surface area contributed by atoms with Gasteiger partial charge in [0.2, 0.25) is 5.95 Å². The van der Waals surface area contributed by atoms with Crippen LogP contribution >= 0.6 is 11.8 Å². The fraction of sp³-hybridized carbons (Fsp3) is 0.360. The summed E-state index contributed by atoms with van der Waals surface area (Å²) in [7, 11) is 1.84. The lowest BCUT2D eigenvalue weighted by Gasteiger charge is -2.31. The Balaban J connectivity index is 1.43. The molecule has 1 unspecified atom stereocenters. The first kappa shape index (κ1) is 23.1. The second-order valence-electron chi connectivity index (χ2n) is 8.85. The van der Waals surface area contributed by atoms with Crippen LogP contribution in [0.4, 0.5) is 5.95 Å². The number of imidazole rings is 1. The van der Waals surface area contributed by atoms with Crippen molar-refractivity contribution in [2.45, 2.75) is 31.5 Å². The quantitative estimate of drug-likeness (QED) is 0.227. The van der Waals surface area contributed by atoms with Gasteiger partial charge < -0.3 is 19.0 Å². The Morgan fingerprint density at radius 3 is 2.86 bits per heavy atom. The lowest BCUT2D eigenvalue weighted by atomic mass is 10.0. The molecule has 5 rings (SSSR count). The van der Waals surface area contributed by atoms with E-state index in [9.17, 15) is 10.4 Å². The van der Waals surface area contributed by atoms with Gasteiger partial charge in [-0.15, -0.1) is 10.2 Å². The van der Waals surface area contributed by atoms with Crippen molar-refractivity contribution >= 4 is 34.3 Å². The van der Waals surface area contributed by atoms with Crippen LogP contribution in [0.25, 0.3) is 16.6 Å². The molecule has 180 valence electrons. The van der Waals surface area contributed by atoms with Crippen LogP contribution in [0.3, 0.4) is 0 Å². The average molecular weight is 490 g/mol. The Labute approximate surface area is 207 Å². The van der Waals surface area contributed by atoms with Gasteiger partial charge in [0, 0.05) is 20.1 Å². The normalized spacial score (nSPS) is 16.9. The Morgan fingerprint density at radius 2 is 2.11 bits per heavy atom. The van der Waals surface area contributed by atoms with Crippen molar-refractivity contribution in [2.75, 3.05) is 23.7 Å². The van der Waals surface area contributed by atoms with E-state index in [2.05, 4.69) is 33.1 Å². The molecule has 1 aliphatic rings. The summed E-state index contributed by atoms with van der Waals surface area (Å²) in [5, 5.41) is 30.3. The molecule has 0 spiro atoms. The number of piperidine rings is 1. The number of allylic oxidation sites excluding steroid dienone is 1. The molecule has 9 nitrogen and oxygen atoms in total. The number of benzene rings is 1. The van der Waals surface area contributed by atoms with E-state index in [1.54, 1.807) is 6.26 Å². The predicted molar refractivity (Wildman–Crippen MR) is 135 cm³/mol. The third kappa shape index (κ3) is 4.64. The molecule has 0 bridgehead atoms. The lowest BCUT2D eigenvalue weighted by Crippen LogP contribution is -2.36. The molecule has 1 N–H and O–H groups in total. The first-order valence-corrected chi connectivity index (χ1v) is 12.6. The molecule has 4 aromatic rings. The molecule has 0 radical (unpaired) electrons. The van der Waals surface area contributed by atoms with Crippen LogP contribution in [0.15, 0.2) is 58.0 Å². The zero-order chi connectivity index (χ0) is 24.4. The number of aliphatic hydroxyl groups excluding tert-OH is 1. The second-order valence-corrected chi connectivity index (χ2v) is 9.79. The summed E-state index contributed by atoms with van der Waals surface area (Å²) >= 11 is 1.34. The number of aryl methyl sites for hydroxylation is 1. The molecule has 1 atom stereocenters. The number of rotatable bonds is 7. The van der Waals surface area contributed by atoms with Gasteiger partial charge >= 0.3 is 0 Å². The van der Waals surface area contributed by atoms with Crippen molar-refractivity contribution < 1.29 is 9.52 Å². The fourth-order valence-corrected chi connectivity index (χ4v) is 5.32. The van der Waals surface area contributed by atoms with Crippen molar-refractivity contribution in [1.29, 1.82) is 5.26 Å². The van der Waals surface area contributed by atoms with Crippen LogP contribution in [-0.2, 0) is 13.6 Å². The average Bonchev–Trinajstić information content (AvgIpc) is 3.59. The molecule has 3 aromatic heterocycles. The van der Waals surface area contributed by atoms with Crippen molar-refractivity contribution in [3.05, 3.63) is 60.0 Å². The van der Waals surface area contributed by atoms with Crippen LogP contribution in [0.5, 0.6) is 0 Å². The smallest absolute Gasteiger partial charge is 0.228 e. The third-order valence-electron chi connectivity index (χ3n) is 6.28. The second kappa shape index (κ2) is 9.88. The van der Waals surface area contributed by atoms with Crippen molar-refractivity contribution in [3.63, 3.8) is 0 Å². The zero-order valence-electron chi connectivity index (χ0n) is 19.8. The number of thioether (sulfide) groups is 1. The highest BCUT2D eigenvalue weighted by Crippen LogP contribution is 2.29. The standard InChI is InChI=1S/C25H27N7O2S/c1-17-7-5-11-31(14-17)24-28-29-25(32(24)15-18-8-6-12-34-18)35-16-22(33)19(13-26)23-27-20-9-3-4-10-21(20)30(23)2/h3-4,6,8-10,12,17,33H,5,7,11,14-16H2,1-2H3. The van der Waals surface area contributed by atoms with Gasteiger partial charge in [-0.05, 0) is 43.0 Å². The number of anilines is 1. The number of aliphatic hydroxyl groups is 1. The molecule has 1 saturated heterocycles. The SMILES string of the molecule is CC1CCCN(c2nnc(SCC(O)=C(C#N)c3nc4ccccc4n3C)n2Cc2ccco2)C1. The Bertz CT molecular complexity index is 1400. The van der Waals surface area contributed by atoms with E-state index < -0.39 is 0 Å². The number of hydrogen-bond donors (Lipinski definition) is 1. The van der Waals surface area contributed by atoms with Crippen LogP contribution in [0.1, 0.15) is 31.4 Å². The van der Waals surface area contributed by atoms with E-state index in [0.717, 1.165) is 42.3 Å². The number of furan rings is 1. The van der Waals surface area contributed by atoms with E-state index in [1.165, 1.54) is 18.2 Å². The predicted octanol–water partition coefficient (Wildman–Crippen LogP) is 4.63. The summed E-state index contributed by atoms with van der Waals surface area (Å²) in [4.78, 5) is 6.83. The summed E-state index contributed by atoms with van der Waals surface area (Å²) in [6.07, 6.45) is 3.98. The fourth-order valence-electron chi connectivity index (χ4n) is 4.51. The molecule has 0 saturated carbocycles. The van der Waals surface area contributed by atoms with Gasteiger partial charge in [-0.2, -0.15) is 5.26 Å². The molecular weight excluding hydrogens is 462 g/mol. The number of aromatic nitrogens is 5. The van der Waals surface area contributed by atoms with Crippen molar-refractivity contribution in [2.24, 2.45) is 13.0 Å². The van der Waals surface area contributed by atoms with Crippen LogP contribution < -0.4 is 4.90 Å². The van der Waals surface area contributed by atoms with Gasteiger partial charge in [0.1, 0.15) is 23.2 Å². The first-order chi connectivity index (χ1) is 17.0. The topological polar surface area (TPSA) is 109 Å². The molecule has 1 aromatic carbocycles. The van der Waals surface area contributed by atoms with Crippen molar-refractivity contribution in [3.8, 4) is 6.07 Å².